The van der Waals surface area contributed by atoms with Crippen molar-refractivity contribution in [2.45, 2.75) is 39.2 Å². The van der Waals surface area contributed by atoms with Crippen LogP contribution in [0, 0.1) is 5.92 Å². The molecule has 2 aromatic carbocycles. The first-order valence-corrected chi connectivity index (χ1v) is 12.6. The van der Waals surface area contributed by atoms with E-state index >= 15 is 0 Å². The van der Waals surface area contributed by atoms with Gasteiger partial charge in [0.05, 0.1) is 12.8 Å². The number of benzene rings is 2. The lowest BCUT2D eigenvalue weighted by molar-refractivity contribution is -0.125. The van der Waals surface area contributed by atoms with E-state index in [4.69, 9.17) is 9.84 Å². The summed E-state index contributed by atoms with van der Waals surface area (Å²) in [5.41, 5.74) is 5.28. The van der Waals surface area contributed by atoms with E-state index in [9.17, 15) is 4.79 Å². The number of ether oxygens (including phenoxy) is 1. The SMILES string of the molecule is COc1cccc(-c2cc3c(N4CCC(C(=O)NCc5ccc(C(C)C)cc5)CC4)nccn3n2)c1. The number of amides is 1. The molecule has 3 heterocycles. The quantitative estimate of drug-likeness (QED) is 0.398. The molecule has 1 fully saturated rings. The van der Waals surface area contributed by atoms with Crippen LogP contribution < -0.4 is 15.0 Å². The number of hydrogen-bond acceptors (Lipinski definition) is 5. The number of anilines is 1. The number of carbonyl (C=O) groups is 1. The van der Waals surface area contributed by atoms with Gasteiger partial charge < -0.3 is 15.0 Å². The van der Waals surface area contributed by atoms with Gasteiger partial charge in [0.25, 0.3) is 0 Å². The highest BCUT2D eigenvalue weighted by Gasteiger charge is 2.26. The Bertz CT molecular complexity index is 1340. The van der Waals surface area contributed by atoms with Crippen molar-refractivity contribution in [2.75, 3.05) is 25.1 Å². The predicted octanol–water partition coefficient (Wildman–Crippen LogP) is 5.06. The van der Waals surface area contributed by atoms with Crippen molar-refractivity contribution in [2.24, 2.45) is 5.92 Å². The summed E-state index contributed by atoms with van der Waals surface area (Å²) in [5, 5.41) is 7.89. The van der Waals surface area contributed by atoms with Crippen molar-refractivity contribution in [1.29, 1.82) is 0 Å². The maximum Gasteiger partial charge on any atom is 0.223 e. The summed E-state index contributed by atoms with van der Waals surface area (Å²) in [5.74, 6) is 2.38. The largest absolute Gasteiger partial charge is 0.497 e. The second kappa shape index (κ2) is 10.4. The maximum absolute atomic E-state index is 12.8. The molecule has 1 saturated heterocycles. The Hall–Kier alpha value is -3.87. The van der Waals surface area contributed by atoms with Crippen LogP contribution >= 0.6 is 0 Å². The molecule has 0 aliphatic carbocycles. The average molecular weight is 484 g/mol. The van der Waals surface area contributed by atoms with Crippen molar-refractivity contribution in [3.05, 3.63) is 78.1 Å². The highest BCUT2D eigenvalue weighted by molar-refractivity contribution is 5.80. The number of nitrogens with zero attached hydrogens (tertiary/aromatic N) is 4. The summed E-state index contributed by atoms with van der Waals surface area (Å²) in [6, 6.07) is 18.5. The van der Waals surface area contributed by atoms with Crippen molar-refractivity contribution in [3.8, 4) is 17.0 Å². The third-order valence-corrected chi connectivity index (χ3v) is 7.01. The summed E-state index contributed by atoms with van der Waals surface area (Å²) in [6.07, 6.45) is 5.26. The van der Waals surface area contributed by atoms with E-state index in [-0.39, 0.29) is 11.8 Å². The maximum atomic E-state index is 12.8. The minimum atomic E-state index is 0.0215. The number of aromatic nitrogens is 3. The Balaban J connectivity index is 1.22. The van der Waals surface area contributed by atoms with Crippen molar-refractivity contribution >= 4 is 17.2 Å². The summed E-state index contributed by atoms with van der Waals surface area (Å²) < 4.78 is 7.24. The number of rotatable bonds is 7. The van der Waals surface area contributed by atoms with Crippen LogP contribution in [0.3, 0.4) is 0 Å². The lowest BCUT2D eigenvalue weighted by atomic mass is 9.95. The molecule has 4 aromatic rings. The van der Waals surface area contributed by atoms with Crippen LogP contribution in [-0.2, 0) is 11.3 Å². The molecular weight excluding hydrogens is 450 g/mol. The highest BCUT2D eigenvalue weighted by atomic mass is 16.5. The molecule has 0 unspecified atom stereocenters. The van der Waals surface area contributed by atoms with E-state index in [1.807, 2.05) is 35.0 Å². The molecule has 7 nitrogen and oxygen atoms in total. The summed E-state index contributed by atoms with van der Waals surface area (Å²) in [7, 11) is 1.67. The first-order chi connectivity index (χ1) is 17.5. The average Bonchev–Trinajstić information content (AvgIpc) is 3.37. The molecular formula is C29H33N5O2. The van der Waals surface area contributed by atoms with Crippen LogP contribution in [0.5, 0.6) is 5.75 Å². The van der Waals surface area contributed by atoms with E-state index in [0.29, 0.717) is 12.5 Å². The van der Waals surface area contributed by atoms with Crippen LogP contribution in [0.1, 0.15) is 43.7 Å². The van der Waals surface area contributed by atoms with Gasteiger partial charge in [-0.05, 0) is 48.1 Å². The van der Waals surface area contributed by atoms with Gasteiger partial charge in [-0.2, -0.15) is 5.10 Å². The van der Waals surface area contributed by atoms with E-state index < -0.39 is 0 Å². The molecule has 0 radical (unpaired) electrons. The standard InChI is InChI=1S/C29H33N5O2/c1-20(2)22-9-7-21(8-10-22)19-31-29(35)23-11-14-33(15-12-23)28-27-18-26(32-34(27)16-13-30-28)24-5-4-6-25(17-24)36-3/h4-10,13,16-18,20,23H,11-12,14-15,19H2,1-3H3,(H,31,35). The Morgan fingerprint density at radius 3 is 2.61 bits per heavy atom. The molecule has 7 heteroatoms. The van der Waals surface area contributed by atoms with E-state index in [0.717, 1.165) is 59.8 Å². The Morgan fingerprint density at radius 1 is 1.11 bits per heavy atom. The topological polar surface area (TPSA) is 71.8 Å². The van der Waals surface area contributed by atoms with Crippen LogP contribution in [0.25, 0.3) is 16.8 Å². The normalized spacial score (nSPS) is 14.4. The Kier molecular flexibility index (Phi) is 6.89. The second-order valence-corrected chi connectivity index (χ2v) is 9.72. The molecule has 36 heavy (non-hydrogen) atoms. The number of nitrogens with one attached hydrogen (secondary N) is 1. The fourth-order valence-electron chi connectivity index (χ4n) is 4.78. The molecule has 1 N–H and O–H groups in total. The van der Waals surface area contributed by atoms with Crippen LogP contribution in [0.15, 0.2) is 67.0 Å². The smallest absolute Gasteiger partial charge is 0.223 e. The first kappa shape index (κ1) is 23.9. The number of carbonyl (C=O) groups excluding carboxylic acids is 1. The molecule has 0 bridgehead atoms. The van der Waals surface area contributed by atoms with Crippen LogP contribution in [-0.4, -0.2) is 40.7 Å². The molecule has 0 saturated carbocycles. The molecule has 1 aliphatic rings. The summed E-state index contributed by atoms with van der Waals surface area (Å²) >= 11 is 0. The molecule has 0 atom stereocenters. The molecule has 1 amide bonds. The van der Waals surface area contributed by atoms with Crippen molar-refractivity contribution in [3.63, 3.8) is 0 Å². The third kappa shape index (κ3) is 5.05. The van der Waals surface area contributed by atoms with E-state index in [1.54, 1.807) is 13.3 Å². The lowest BCUT2D eigenvalue weighted by Crippen LogP contribution is -2.40. The van der Waals surface area contributed by atoms with Gasteiger partial charge in [-0.15, -0.1) is 0 Å². The van der Waals surface area contributed by atoms with Gasteiger partial charge in [0.15, 0.2) is 5.82 Å². The van der Waals surface area contributed by atoms with Gasteiger partial charge in [-0.25, -0.2) is 9.50 Å². The number of fused-ring (bicyclic) bond motifs is 1. The van der Waals surface area contributed by atoms with E-state index in [2.05, 4.69) is 59.4 Å². The van der Waals surface area contributed by atoms with Gasteiger partial charge in [0.1, 0.15) is 11.3 Å². The van der Waals surface area contributed by atoms with Crippen molar-refractivity contribution in [1.82, 2.24) is 19.9 Å². The number of hydrogen-bond donors (Lipinski definition) is 1. The lowest BCUT2D eigenvalue weighted by Gasteiger charge is -2.32. The fraction of sp³-hybridized carbons (Fsp3) is 0.345. The van der Waals surface area contributed by atoms with E-state index in [1.165, 1.54) is 5.56 Å². The van der Waals surface area contributed by atoms with Gasteiger partial charge in [0.2, 0.25) is 5.91 Å². The minimum absolute atomic E-state index is 0.0215. The monoisotopic (exact) mass is 483 g/mol. The molecule has 186 valence electrons. The molecule has 5 rings (SSSR count). The van der Waals surface area contributed by atoms with Crippen molar-refractivity contribution < 1.29 is 9.53 Å². The zero-order chi connectivity index (χ0) is 25.1. The molecule has 1 aliphatic heterocycles. The number of piperidine rings is 1. The summed E-state index contributed by atoms with van der Waals surface area (Å²) in [6.45, 7) is 6.51. The first-order valence-electron chi connectivity index (χ1n) is 12.6. The van der Waals surface area contributed by atoms with Crippen LogP contribution in [0.4, 0.5) is 5.82 Å². The third-order valence-electron chi connectivity index (χ3n) is 7.01. The van der Waals surface area contributed by atoms with Gasteiger partial charge in [-0.3, -0.25) is 4.79 Å². The highest BCUT2D eigenvalue weighted by Crippen LogP contribution is 2.29. The second-order valence-electron chi connectivity index (χ2n) is 9.72. The van der Waals surface area contributed by atoms with Gasteiger partial charge >= 0.3 is 0 Å². The fourth-order valence-corrected chi connectivity index (χ4v) is 4.78. The zero-order valence-corrected chi connectivity index (χ0v) is 21.1. The molecule has 2 aromatic heterocycles. The minimum Gasteiger partial charge on any atom is -0.497 e. The molecule has 0 spiro atoms. The van der Waals surface area contributed by atoms with Gasteiger partial charge in [0, 0.05) is 43.5 Å². The number of methoxy groups -OCH3 is 1. The van der Waals surface area contributed by atoms with Gasteiger partial charge in [-0.1, -0.05) is 50.2 Å². The zero-order valence-electron chi connectivity index (χ0n) is 21.1. The predicted molar refractivity (Wildman–Crippen MR) is 142 cm³/mol. The Labute approximate surface area is 212 Å². The Morgan fingerprint density at radius 2 is 1.89 bits per heavy atom. The van der Waals surface area contributed by atoms with Crippen LogP contribution in [0.2, 0.25) is 0 Å². The summed E-state index contributed by atoms with van der Waals surface area (Å²) in [4.78, 5) is 19.8.